The van der Waals surface area contributed by atoms with Gasteiger partial charge in [0.1, 0.15) is 24.7 Å². The zero-order valence-corrected chi connectivity index (χ0v) is 19.0. The summed E-state index contributed by atoms with van der Waals surface area (Å²) in [5.41, 5.74) is 1.42. The van der Waals surface area contributed by atoms with Crippen LogP contribution in [0.3, 0.4) is 0 Å². The van der Waals surface area contributed by atoms with E-state index in [1.165, 1.54) is 34.0 Å². The molecule has 0 saturated heterocycles. The molecule has 2 heterocycles. The number of carbonyl (C=O) groups excluding carboxylic acids is 2. The van der Waals surface area contributed by atoms with E-state index in [9.17, 15) is 14.0 Å². The van der Waals surface area contributed by atoms with Crippen molar-refractivity contribution < 1.29 is 18.7 Å². The van der Waals surface area contributed by atoms with E-state index >= 15 is 0 Å². The van der Waals surface area contributed by atoms with E-state index in [-0.39, 0.29) is 30.9 Å². The van der Waals surface area contributed by atoms with Crippen LogP contribution >= 0.6 is 11.3 Å². The van der Waals surface area contributed by atoms with Gasteiger partial charge < -0.3 is 14.5 Å². The van der Waals surface area contributed by atoms with Crippen LogP contribution in [0, 0.1) is 5.82 Å². The monoisotopic (exact) mass is 464 g/mol. The number of thiophene rings is 1. The van der Waals surface area contributed by atoms with Gasteiger partial charge in [0.05, 0.1) is 6.04 Å². The molecular weight excluding hydrogens is 439 g/mol. The van der Waals surface area contributed by atoms with E-state index in [1.807, 2.05) is 41.8 Å². The van der Waals surface area contributed by atoms with Crippen molar-refractivity contribution >= 4 is 23.2 Å². The molecule has 3 aromatic rings. The maximum atomic E-state index is 13.4. The summed E-state index contributed by atoms with van der Waals surface area (Å²) in [6, 6.07) is 16.6. The van der Waals surface area contributed by atoms with E-state index in [1.54, 1.807) is 22.3 Å². The van der Waals surface area contributed by atoms with E-state index < -0.39 is 5.82 Å². The van der Waals surface area contributed by atoms with Gasteiger partial charge in [0, 0.05) is 23.5 Å². The van der Waals surface area contributed by atoms with E-state index in [0.717, 1.165) is 17.7 Å². The van der Waals surface area contributed by atoms with E-state index in [0.29, 0.717) is 18.7 Å². The Morgan fingerprint density at radius 2 is 1.91 bits per heavy atom. The van der Waals surface area contributed by atoms with Crippen molar-refractivity contribution in [2.24, 2.45) is 0 Å². The molecule has 0 bridgehead atoms. The standard InChI is InChI=1S/C26H25FN2O3S/c1-2-14-28(26(31)19-8-10-20(27)11-9-19)17-25(30)29-15-12-24-22(13-16-33-24)23(29)18-32-21-6-4-3-5-7-21/h2-11,13,16,23H,1,12,14-15,17-18H2. The Morgan fingerprint density at radius 1 is 1.15 bits per heavy atom. The first-order valence-electron chi connectivity index (χ1n) is 10.8. The minimum atomic E-state index is -0.418. The Bertz CT molecular complexity index is 1110. The highest BCUT2D eigenvalue weighted by atomic mass is 32.1. The molecule has 4 rings (SSSR count). The number of hydrogen-bond acceptors (Lipinski definition) is 4. The second-order valence-electron chi connectivity index (χ2n) is 7.76. The van der Waals surface area contributed by atoms with Gasteiger partial charge in [-0.15, -0.1) is 17.9 Å². The van der Waals surface area contributed by atoms with Gasteiger partial charge in [0.25, 0.3) is 5.91 Å². The number of carbonyl (C=O) groups is 2. The molecule has 0 spiro atoms. The minimum Gasteiger partial charge on any atom is -0.491 e. The Kier molecular flexibility index (Phi) is 7.19. The third kappa shape index (κ3) is 5.31. The van der Waals surface area contributed by atoms with Crippen LogP contribution in [0.4, 0.5) is 4.39 Å². The molecule has 5 nitrogen and oxygen atoms in total. The van der Waals surface area contributed by atoms with Crippen LogP contribution in [0.25, 0.3) is 0 Å². The van der Waals surface area contributed by atoms with E-state index in [4.69, 9.17) is 4.74 Å². The molecule has 0 N–H and O–H groups in total. The van der Waals surface area contributed by atoms with Crippen molar-refractivity contribution in [2.45, 2.75) is 12.5 Å². The number of fused-ring (bicyclic) bond motifs is 1. The number of ether oxygens (including phenoxy) is 1. The molecule has 0 fully saturated rings. The SMILES string of the molecule is C=CCN(CC(=O)N1CCc2sccc2C1COc1ccccc1)C(=O)c1ccc(F)cc1. The lowest BCUT2D eigenvalue weighted by Crippen LogP contribution is -2.47. The fourth-order valence-electron chi connectivity index (χ4n) is 3.97. The summed E-state index contributed by atoms with van der Waals surface area (Å²) in [5, 5.41) is 2.04. The van der Waals surface area contributed by atoms with Crippen LogP contribution in [0.15, 0.2) is 78.7 Å². The molecular formula is C26H25FN2O3S. The normalized spacial score (nSPS) is 14.9. The molecule has 1 aliphatic heterocycles. The summed E-state index contributed by atoms with van der Waals surface area (Å²) in [7, 11) is 0. The number of benzene rings is 2. The van der Waals surface area contributed by atoms with Crippen molar-refractivity contribution in [2.75, 3.05) is 26.2 Å². The number of halogens is 1. The molecule has 1 aliphatic rings. The first-order chi connectivity index (χ1) is 16.1. The number of para-hydroxylation sites is 1. The maximum Gasteiger partial charge on any atom is 0.254 e. The summed E-state index contributed by atoms with van der Waals surface area (Å²) in [4.78, 5) is 30.9. The third-order valence-electron chi connectivity index (χ3n) is 5.62. The topological polar surface area (TPSA) is 49.9 Å². The largest absolute Gasteiger partial charge is 0.491 e. The Balaban J connectivity index is 1.51. The average molecular weight is 465 g/mol. The van der Waals surface area contributed by atoms with Crippen LogP contribution in [0.1, 0.15) is 26.8 Å². The molecule has 2 aromatic carbocycles. The second-order valence-corrected chi connectivity index (χ2v) is 8.76. The average Bonchev–Trinajstić information content (AvgIpc) is 3.32. The second kappa shape index (κ2) is 10.4. The van der Waals surface area contributed by atoms with Gasteiger partial charge >= 0.3 is 0 Å². The van der Waals surface area contributed by atoms with Gasteiger partial charge in [-0.25, -0.2) is 4.39 Å². The lowest BCUT2D eigenvalue weighted by molar-refractivity contribution is -0.135. The summed E-state index contributed by atoms with van der Waals surface area (Å²) >= 11 is 1.69. The van der Waals surface area contributed by atoms with Crippen LogP contribution in [-0.2, 0) is 11.2 Å². The van der Waals surface area contributed by atoms with E-state index in [2.05, 4.69) is 6.58 Å². The van der Waals surface area contributed by atoms with Crippen molar-refractivity contribution in [3.63, 3.8) is 0 Å². The minimum absolute atomic E-state index is 0.0937. The number of rotatable bonds is 8. The predicted molar refractivity (Wildman–Crippen MR) is 127 cm³/mol. The van der Waals surface area contributed by atoms with Crippen LogP contribution < -0.4 is 4.74 Å². The van der Waals surface area contributed by atoms with Gasteiger partial charge in [-0.1, -0.05) is 24.3 Å². The third-order valence-corrected chi connectivity index (χ3v) is 6.62. The molecule has 0 radical (unpaired) electrons. The summed E-state index contributed by atoms with van der Waals surface area (Å²) in [6.07, 6.45) is 2.35. The molecule has 1 unspecified atom stereocenters. The molecule has 0 aliphatic carbocycles. The maximum absolute atomic E-state index is 13.4. The summed E-state index contributed by atoms with van der Waals surface area (Å²) < 4.78 is 19.3. The van der Waals surface area contributed by atoms with Crippen LogP contribution in [0.2, 0.25) is 0 Å². The Morgan fingerprint density at radius 3 is 2.64 bits per heavy atom. The van der Waals surface area contributed by atoms with Crippen molar-refractivity contribution in [1.29, 1.82) is 0 Å². The lowest BCUT2D eigenvalue weighted by atomic mass is 10.0. The Labute approximate surface area is 196 Å². The number of hydrogen-bond donors (Lipinski definition) is 0. The number of nitrogens with zero attached hydrogens (tertiary/aromatic N) is 2. The van der Waals surface area contributed by atoms with Gasteiger partial charge in [0.15, 0.2) is 0 Å². The van der Waals surface area contributed by atoms with Crippen molar-refractivity contribution in [3.05, 3.63) is 101 Å². The molecule has 33 heavy (non-hydrogen) atoms. The van der Waals surface area contributed by atoms with Crippen molar-refractivity contribution in [3.8, 4) is 5.75 Å². The first-order valence-corrected chi connectivity index (χ1v) is 11.6. The first kappa shape index (κ1) is 22.7. The molecule has 1 atom stereocenters. The Hall–Kier alpha value is -3.45. The highest BCUT2D eigenvalue weighted by Crippen LogP contribution is 2.34. The molecule has 7 heteroatoms. The fourth-order valence-corrected chi connectivity index (χ4v) is 4.90. The quantitative estimate of drug-likeness (QED) is 0.453. The zero-order chi connectivity index (χ0) is 23.2. The summed E-state index contributed by atoms with van der Waals surface area (Å²) in [5.74, 6) is -0.176. The van der Waals surface area contributed by atoms with Gasteiger partial charge in [0.2, 0.25) is 5.91 Å². The lowest BCUT2D eigenvalue weighted by Gasteiger charge is -2.37. The zero-order valence-electron chi connectivity index (χ0n) is 18.2. The summed E-state index contributed by atoms with van der Waals surface area (Å²) in [6.45, 7) is 4.72. The predicted octanol–water partition coefficient (Wildman–Crippen LogP) is 4.72. The fraction of sp³-hybridized carbons (Fsp3) is 0.231. The van der Waals surface area contributed by atoms with Gasteiger partial charge in [-0.3, -0.25) is 9.59 Å². The van der Waals surface area contributed by atoms with Gasteiger partial charge in [-0.05, 0) is 59.8 Å². The molecule has 2 amide bonds. The number of amides is 2. The highest BCUT2D eigenvalue weighted by Gasteiger charge is 2.33. The molecule has 1 aromatic heterocycles. The smallest absolute Gasteiger partial charge is 0.254 e. The molecule has 0 saturated carbocycles. The van der Waals surface area contributed by atoms with Crippen LogP contribution in [0.5, 0.6) is 5.75 Å². The highest BCUT2D eigenvalue weighted by molar-refractivity contribution is 7.10. The molecule has 170 valence electrons. The van der Waals surface area contributed by atoms with Crippen LogP contribution in [-0.4, -0.2) is 47.9 Å². The van der Waals surface area contributed by atoms with Gasteiger partial charge in [-0.2, -0.15) is 0 Å². The van der Waals surface area contributed by atoms with Crippen molar-refractivity contribution in [1.82, 2.24) is 9.80 Å².